The number of hydrogen-bond acceptors (Lipinski definition) is 3. The van der Waals surface area contributed by atoms with Gasteiger partial charge in [-0.1, -0.05) is 36.4 Å². The van der Waals surface area contributed by atoms with Crippen LogP contribution in [0.4, 0.5) is 0 Å². The minimum atomic E-state index is -3.55. The number of nitrogens with one attached hydrogen (secondary N) is 1. The molecule has 0 aliphatic carbocycles. The highest BCUT2D eigenvalue weighted by Crippen LogP contribution is 2.24. The molecule has 0 aliphatic rings. The first-order chi connectivity index (χ1) is 9.19. The molecule has 0 amide bonds. The van der Waals surface area contributed by atoms with Crippen LogP contribution in [0.15, 0.2) is 43.0 Å². The van der Waals surface area contributed by atoms with E-state index in [0.717, 1.165) is 5.56 Å². The molecule has 112 valence electrons. The van der Waals surface area contributed by atoms with Gasteiger partial charge in [0.25, 0.3) is 0 Å². The van der Waals surface area contributed by atoms with Crippen LogP contribution < -0.4 is 4.72 Å². The summed E-state index contributed by atoms with van der Waals surface area (Å²) in [4.78, 5) is 0. The van der Waals surface area contributed by atoms with Crippen molar-refractivity contribution >= 4 is 10.0 Å². The maximum Gasteiger partial charge on any atom is 0.217 e. The topological polar surface area (TPSA) is 66.4 Å². The molecule has 1 aromatic rings. The largest absolute Gasteiger partial charge is 0.391 e. The SMILES string of the molecule is C=CC[C@@H](O)[C@H](NS(=O)(=O)C(C)(C)C)c1ccccc1. The van der Waals surface area contributed by atoms with Crippen LogP contribution in [0.5, 0.6) is 0 Å². The summed E-state index contributed by atoms with van der Waals surface area (Å²) in [6.45, 7) is 8.45. The van der Waals surface area contributed by atoms with Crippen molar-refractivity contribution in [2.24, 2.45) is 0 Å². The minimum Gasteiger partial charge on any atom is -0.391 e. The lowest BCUT2D eigenvalue weighted by Gasteiger charge is -2.28. The Hall–Kier alpha value is -1.17. The lowest BCUT2D eigenvalue weighted by Crippen LogP contribution is -2.44. The third-order valence-electron chi connectivity index (χ3n) is 3.04. The predicted octanol–water partition coefficient (Wildman–Crippen LogP) is 2.38. The van der Waals surface area contributed by atoms with Crippen molar-refractivity contribution in [3.8, 4) is 0 Å². The fraction of sp³-hybridized carbons (Fsp3) is 0.467. The Morgan fingerprint density at radius 2 is 1.85 bits per heavy atom. The van der Waals surface area contributed by atoms with Crippen LogP contribution in [-0.2, 0) is 10.0 Å². The molecule has 2 atom stereocenters. The summed E-state index contributed by atoms with van der Waals surface area (Å²) in [5.74, 6) is 0. The summed E-state index contributed by atoms with van der Waals surface area (Å²) < 4.78 is 26.3. The molecule has 0 heterocycles. The van der Waals surface area contributed by atoms with E-state index in [-0.39, 0.29) is 0 Å². The van der Waals surface area contributed by atoms with E-state index in [4.69, 9.17) is 0 Å². The predicted molar refractivity (Wildman–Crippen MR) is 81.8 cm³/mol. The Labute approximate surface area is 121 Å². The van der Waals surface area contributed by atoms with E-state index < -0.39 is 26.9 Å². The van der Waals surface area contributed by atoms with Crippen molar-refractivity contribution in [2.75, 3.05) is 0 Å². The molecule has 1 rings (SSSR count). The van der Waals surface area contributed by atoms with Crippen LogP contribution in [0, 0.1) is 0 Å². The van der Waals surface area contributed by atoms with E-state index in [2.05, 4.69) is 11.3 Å². The quantitative estimate of drug-likeness (QED) is 0.792. The Kier molecular flexibility index (Phi) is 5.50. The summed E-state index contributed by atoms with van der Waals surface area (Å²) >= 11 is 0. The fourth-order valence-electron chi connectivity index (χ4n) is 1.68. The zero-order valence-corrected chi connectivity index (χ0v) is 13.0. The van der Waals surface area contributed by atoms with Crippen LogP contribution >= 0.6 is 0 Å². The molecule has 0 radical (unpaired) electrons. The Morgan fingerprint density at radius 3 is 2.30 bits per heavy atom. The minimum absolute atomic E-state index is 0.312. The smallest absolute Gasteiger partial charge is 0.217 e. The second-order valence-electron chi connectivity index (χ2n) is 5.71. The lowest BCUT2D eigenvalue weighted by atomic mass is 10.0. The summed E-state index contributed by atoms with van der Waals surface area (Å²) in [6, 6.07) is 8.38. The van der Waals surface area contributed by atoms with Gasteiger partial charge in [0, 0.05) is 0 Å². The van der Waals surface area contributed by atoms with Crippen LogP contribution in [-0.4, -0.2) is 24.4 Å². The lowest BCUT2D eigenvalue weighted by molar-refractivity contribution is 0.140. The first-order valence-corrected chi connectivity index (χ1v) is 8.03. The molecule has 0 aliphatic heterocycles. The highest BCUT2D eigenvalue weighted by molar-refractivity contribution is 7.90. The second-order valence-corrected chi connectivity index (χ2v) is 8.18. The maximum absolute atomic E-state index is 12.3. The maximum atomic E-state index is 12.3. The number of benzene rings is 1. The molecule has 20 heavy (non-hydrogen) atoms. The van der Waals surface area contributed by atoms with Gasteiger partial charge in [-0.15, -0.1) is 6.58 Å². The number of sulfonamides is 1. The molecule has 0 spiro atoms. The van der Waals surface area contributed by atoms with E-state index in [0.29, 0.717) is 6.42 Å². The van der Waals surface area contributed by atoms with Crippen LogP contribution in [0.2, 0.25) is 0 Å². The molecule has 0 unspecified atom stereocenters. The van der Waals surface area contributed by atoms with Crippen molar-refractivity contribution in [1.29, 1.82) is 0 Å². The molecule has 0 fully saturated rings. The molecular formula is C15H23NO3S. The van der Waals surface area contributed by atoms with Gasteiger partial charge in [-0.2, -0.15) is 0 Å². The fourth-order valence-corrected chi connectivity index (χ4v) is 2.66. The third-order valence-corrected chi connectivity index (χ3v) is 5.22. The van der Waals surface area contributed by atoms with E-state index in [1.54, 1.807) is 39.0 Å². The summed E-state index contributed by atoms with van der Waals surface area (Å²) in [6.07, 6.45) is 1.03. The van der Waals surface area contributed by atoms with Gasteiger partial charge in [-0.25, -0.2) is 13.1 Å². The van der Waals surface area contributed by atoms with Crippen LogP contribution in [0.25, 0.3) is 0 Å². The van der Waals surface area contributed by atoms with Crippen molar-refractivity contribution in [3.63, 3.8) is 0 Å². The second kappa shape index (κ2) is 6.52. The molecule has 0 saturated heterocycles. The molecule has 0 bridgehead atoms. The molecule has 0 saturated carbocycles. The van der Waals surface area contributed by atoms with Gasteiger partial charge >= 0.3 is 0 Å². The van der Waals surface area contributed by atoms with Crippen LogP contribution in [0.3, 0.4) is 0 Å². The zero-order valence-electron chi connectivity index (χ0n) is 12.2. The zero-order chi connectivity index (χ0) is 15.4. The number of rotatable bonds is 6. The summed E-state index contributed by atoms with van der Waals surface area (Å²) in [5.41, 5.74) is 0.731. The Balaban J connectivity index is 3.11. The van der Waals surface area contributed by atoms with Gasteiger partial charge in [0.1, 0.15) is 0 Å². The monoisotopic (exact) mass is 297 g/mol. The first kappa shape index (κ1) is 16.9. The Bertz CT molecular complexity index is 532. The first-order valence-electron chi connectivity index (χ1n) is 6.55. The van der Waals surface area contributed by atoms with Gasteiger partial charge < -0.3 is 5.11 Å². The third kappa shape index (κ3) is 4.16. The average Bonchev–Trinajstić information content (AvgIpc) is 2.36. The summed E-state index contributed by atoms with van der Waals surface area (Å²) in [7, 11) is -3.55. The van der Waals surface area contributed by atoms with Gasteiger partial charge in [0.05, 0.1) is 16.9 Å². The normalized spacial score (nSPS) is 15.6. The van der Waals surface area contributed by atoms with E-state index in [9.17, 15) is 13.5 Å². The number of aliphatic hydroxyl groups excluding tert-OH is 1. The van der Waals surface area contributed by atoms with Crippen molar-refractivity contribution in [1.82, 2.24) is 4.72 Å². The molecule has 2 N–H and O–H groups in total. The standard InChI is InChI=1S/C15H23NO3S/c1-5-9-13(17)14(12-10-7-6-8-11-12)16-20(18,19)15(2,3)4/h5-8,10-11,13-14,16-17H,1,9H2,2-4H3/t13-,14-/m1/s1. The van der Waals surface area contributed by atoms with E-state index in [1.807, 2.05) is 18.2 Å². The van der Waals surface area contributed by atoms with E-state index >= 15 is 0 Å². The highest BCUT2D eigenvalue weighted by atomic mass is 32.2. The molecule has 1 aromatic carbocycles. The Morgan fingerprint density at radius 1 is 1.30 bits per heavy atom. The molecule has 0 aromatic heterocycles. The van der Waals surface area contributed by atoms with Crippen LogP contribution in [0.1, 0.15) is 38.8 Å². The molecular weight excluding hydrogens is 274 g/mol. The number of aliphatic hydroxyl groups is 1. The van der Waals surface area contributed by atoms with Gasteiger partial charge in [-0.3, -0.25) is 0 Å². The van der Waals surface area contributed by atoms with Crippen molar-refractivity contribution in [2.45, 2.75) is 44.1 Å². The number of hydrogen-bond donors (Lipinski definition) is 2. The summed E-state index contributed by atoms with van der Waals surface area (Å²) in [5, 5.41) is 10.2. The molecule has 4 nitrogen and oxygen atoms in total. The van der Waals surface area contributed by atoms with E-state index in [1.165, 1.54) is 0 Å². The van der Waals surface area contributed by atoms with Gasteiger partial charge in [-0.05, 0) is 32.8 Å². The van der Waals surface area contributed by atoms with Gasteiger partial charge in [0.15, 0.2) is 0 Å². The van der Waals surface area contributed by atoms with Crippen molar-refractivity contribution < 1.29 is 13.5 Å². The molecule has 5 heteroatoms. The van der Waals surface area contributed by atoms with Gasteiger partial charge in [0.2, 0.25) is 10.0 Å². The average molecular weight is 297 g/mol. The van der Waals surface area contributed by atoms with Crippen molar-refractivity contribution in [3.05, 3.63) is 48.6 Å². The highest BCUT2D eigenvalue weighted by Gasteiger charge is 2.33.